The van der Waals surface area contributed by atoms with E-state index in [4.69, 9.17) is 0 Å². The van der Waals surface area contributed by atoms with Gasteiger partial charge in [-0.05, 0) is 37.6 Å². The predicted octanol–water partition coefficient (Wildman–Crippen LogP) is 4.85. The van der Waals surface area contributed by atoms with Crippen molar-refractivity contribution in [3.63, 3.8) is 0 Å². The second-order valence-electron chi connectivity index (χ2n) is 5.54. The molecule has 0 unspecified atom stereocenters. The van der Waals surface area contributed by atoms with Gasteiger partial charge in [0.15, 0.2) is 4.34 Å². The minimum absolute atomic E-state index is 0.170. The first-order valence-electron chi connectivity index (χ1n) is 7.91. The van der Waals surface area contributed by atoms with Crippen molar-refractivity contribution in [3.05, 3.63) is 59.9 Å². The summed E-state index contributed by atoms with van der Waals surface area (Å²) in [6.45, 7) is 3.75. The zero-order valence-corrected chi connectivity index (χ0v) is 15.8. The SMILES string of the molecule is Cc1ccccc1Nc1nnc(S[C@H](C)C(=O)Nc2ccccc2F)s1. The fourth-order valence-electron chi connectivity index (χ4n) is 2.14. The summed E-state index contributed by atoms with van der Waals surface area (Å²) in [5.41, 5.74) is 2.24. The Bertz CT molecular complexity index is 915. The minimum atomic E-state index is -0.460. The molecular weight excluding hydrogens is 371 g/mol. The lowest BCUT2D eigenvalue weighted by atomic mass is 10.2. The first-order valence-corrected chi connectivity index (χ1v) is 9.61. The molecule has 1 amide bonds. The number of thioether (sulfide) groups is 1. The Kier molecular flexibility index (Phi) is 5.85. The van der Waals surface area contributed by atoms with Crippen molar-refractivity contribution >= 4 is 45.5 Å². The lowest BCUT2D eigenvalue weighted by Crippen LogP contribution is -2.22. The number of carbonyl (C=O) groups is 1. The molecular formula is C18H17FN4OS2. The number of carbonyl (C=O) groups excluding carboxylic acids is 1. The zero-order chi connectivity index (χ0) is 18.5. The summed E-state index contributed by atoms with van der Waals surface area (Å²) >= 11 is 2.65. The van der Waals surface area contributed by atoms with Crippen LogP contribution in [0.4, 0.5) is 20.9 Å². The molecule has 3 aromatic rings. The van der Waals surface area contributed by atoms with Gasteiger partial charge < -0.3 is 10.6 Å². The largest absolute Gasteiger partial charge is 0.330 e. The Hall–Kier alpha value is -2.45. The fourth-order valence-corrected chi connectivity index (χ4v) is 4.05. The van der Waals surface area contributed by atoms with Crippen LogP contribution < -0.4 is 10.6 Å². The van der Waals surface area contributed by atoms with Gasteiger partial charge in [-0.15, -0.1) is 10.2 Å². The van der Waals surface area contributed by atoms with Crippen LogP contribution in [-0.4, -0.2) is 21.4 Å². The van der Waals surface area contributed by atoms with Crippen LogP contribution in [0.3, 0.4) is 0 Å². The molecule has 0 spiro atoms. The Labute approximate surface area is 159 Å². The molecule has 26 heavy (non-hydrogen) atoms. The maximum atomic E-state index is 13.6. The van der Waals surface area contributed by atoms with Gasteiger partial charge >= 0.3 is 0 Å². The Morgan fingerprint density at radius 3 is 2.54 bits per heavy atom. The van der Waals surface area contributed by atoms with Crippen molar-refractivity contribution < 1.29 is 9.18 Å². The Morgan fingerprint density at radius 2 is 1.81 bits per heavy atom. The molecule has 0 fully saturated rings. The van der Waals surface area contributed by atoms with Crippen LogP contribution in [-0.2, 0) is 4.79 Å². The number of aromatic nitrogens is 2. The molecule has 8 heteroatoms. The molecule has 2 aromatic carbocycles. The van der Waals surface area contributed by atoms with Crippen LogP contribution >= 0.6 is 23.1 Å². The number of aryl methyl sites for hydroxylation is 1. The molecule has 0 radical (unpaired) electrons. The summed E-state index contributed by atoms with van der Waals surface area (Å²) in [7, 11) is 0. The summed E-state index contributed by atoms with van der Waals surface area (Å²) < 4.78 is 14.3. The first kappa shape index (κ1) is 18.3. The highest BCUT2D eigenvalue weighted by molar-refractivity contribution is 8.02. The summed E-state index contributed by atoms with van der Waals surface area (Å²) in [4.78, 5) is 12.3. The molecule has 134 valence electrons. The standard InChI is InChI=1S/C18H17FN4OS2/c1-11-7-3-5-9-14(11)21-17-22-23-18(26-17)25-12(2)16(24)20-15-10-6-4-8-13(15)19/h3-10,12H,1-2H3,(H,20,24)(H,21,22)/t12-/m1/s1. The van der Waals surface area contributed by atoms with E-state index in [-0.39, 0.29) is 11.6 Å². The van der Waals surface area contributed by atoms with E-state index in [0.717, 1.165) is 11.3 Å². The van der Waals surface area contributed by atoms with Crippen molar-refractivity contribution in [3.8, 4) is 0 Å². The summed E-state index contributed by atoms with van der Waals surface area (Å²) in [6.07, 6.45) is 0. The average molecular weight is 388 g/mol. The molecule has 2 N–H and O–H groups in total. The van der Waals surface area contributed by atoms with Gasteiger partial charge in [0, 0.05) is 5.69 Å². The molecule has 0 aliphatic rings. The van der Waals surface area contributed by atoms with E-state index in [2.05, 4.69) is 20.8 Å². The summed E-state index contributed by atoms with van der Waals surface area (Å²) in [6, 6.07) is 14.0. The number of nitrogens with zero attached hydrogens (tertiary/aromatic N) is 2. The third-order valence-electron chi connectivity index (χ3n) is 3.57. The van der Waals surface area contributed by atoms with Crippen molar-refractivity contribution in [2.75, 3.05) is 10.6 Å². The molecule has 0 aliphatic heterocycles. The maximum absolute atomic E-state index is 13.6. The molecule has 5 nitrogen and oxygen atoms in total. The van der Waals surface area contributed by atoms with E-state index in [1.807, 2.05) is 31.2 Å². The predicted molar refractivity (Wildman–Crippen MR) is 105 cm³/mol. The smallest absolute Gasteiger partial charge is 0.237 e. The van der Waals surface area contributed by atoms with Gasteiger partial charge in [-0.1, -0.05) is 53.4 Å². The quantitative estimate of drug-likeness (QED) is 0.591. The van der Waals surface area contributed by atoms with Gasteiger partial charge in [-0.3, -0.25) is 4.79 Å². The highest BCUT2D eigenvalue weighted by Crippen LogP contribution is 2.31. The molecule has 0 aliphatic carbocycles. The number of benzene rings is 2. The van der Waals surface area contributed by atoms with Gasteiger partial charge in [-0.2, -0.15) is 0 Å². The second-order valence-corrected chi connectivity index (χ2v) is 8.11. The van der Waals surface area contributed by atoms with Crippen molar-refractivity contribution in [2.24, 2.45) is 0 Å². The number of halogens is 1. The number of hydrogen-bond acceptors (Lipinski definition) is 6. The lowest BCUT2D eigenvalue weighted by Gasteiger charge is -2.10. The Morgan fingerprint density at radius 1 is 1.12 bits per heavy atom. The van der Waals surface area contributed by atoms with E-state index in [1.165, 1.54) is 35.2 Å². The van der Waals surface area contributed by atoms with Crippen LogP contribution in [0, 0.1) is 12.7 Å². The van der Waals surface area contributed by atoms with Crippen LogP contribution in [0.1, 0.15) is 12.5 Å². The monoisotopic (exact) mass is 388 g/mol. The third kappa shape index (κ3) is 4.59. The zero-order valence-electron chi connectivity index (χ0n) is 14.2. The molecule has 0 bridgehead atoms. The molecule has 0 saturated heterocycles. The minimum Gasteiger partial charge on any atom is -0.330 e. The number of rotatable bonds is 6. The maximum Gasteiger partial charge on any atom is 0.237 e. The van der Waals surface area contributed by atoms with E-state index < -0.39 is 11.1 Å². The van der Waals surface area contributed by atoms with E-state index in [9.17, 15) is 9.18 Å². The highest BCUT2D eigenvalue weighted by atomic mass is 32.2. The van der Waals surface area contributed by atoms with Gasteiger partial charge in [0.05, 0.1) is 10.9 Å². The van der Waals surface area contributed by atoms with Gasteiger partial charge in [-0.25, -0.2) is 4.39 Å². The van der Waals surface area contributed by atoms with Crippen LogP contribution in [0.5, 0.6) is 0 Å². The van der Waals surface area contributed by atoms with Crippen LogP contribution in [0.15, 0.2) is 52.9 Å². The third-order valence-corrected chi connectivity index (χ3v) is 5.59. The van der Waals surface area contributed by atoms with Crippen molar-refractivity contribution in [2.45, 2.75) is 23.4 Å². The molecule has 0 saturated carbocycles. The van der Waals surface area contributed by atoms with Crippen molar-refractivity contribution in [1.29, 1.82) is 0 Å². The number of hydrogen-bond donors (Lipinski definition) is 2. The fraction of sp³-hybridized carbons (Fsp3) is 0.167. The number of anilines is 3. The molecule has 1 heterocycles. The Balaban J connectivity index is 1.60. The van der Waals surface area contributed by atoms with Gasteiger partial charge in [0.2, 0.25) is 11.0 Å². The second kappa shape index (κ2) is 8.29. The summed E-state index contributed by atoms with van der Waals surface area (Å²) in [5.74, 6) is -0.748. The average Bonchev–Trinajstić information content (AvgIpc) is 3.06. The van der Waals surface area contributed by atoms with E-state index in [1.54, 1.807) is 19.1 Å². The van der Waals surface area contributed by atoms with E-state index >= 15 is 0 Å². The van der Waals surface area contributed by atoms with Gasteiger partial charge in [0.25, 0.3) is 0 Å². The normalized spacial score (nSPS) is 11.8. The number of nitrogens with one attached hydrogen (secondary N) is 2. The van der Waals surface area contributed by atoms with Gasteiger partial charge in [0.1, 0.15) is 5.82 Å². The first-order chi connectivity index (χ1) is 12.5. The highest BCUT2D eigenvalue weighted by Gasteiger charge is 2.18. The molecule has 1 aromatic heterocycles. The van der Waals surface area contributed by atoms with Crippen LogP contribution in [0.25, 0.3) is 0 Å². The molecule has 1 atom stereocenters. The molecule has 3 rings (SSSR count). The van der Waals surface area contributed by atoms with E-state index in [0.29, 0.717) is 9.47 Å². The number of amides is 1. The number of para-hydroxylation sites is 2. The van der Waals surface area contributed by atoms with Crippen molar-refractivity contribution in [1.82, 2.24) is 10.2 Å². The summed E-state index contributed by atoms with van der Waals surface area (Å²) in [5, 5.41) is 14.2. The lowest BCUT2D eigenvalue weighted by molar-refractivity contribution is -0.115. The topological polar surface area (TPSA) is 66.9 Å². The van der Waals surface area contributed by atoms with Crippen LogP contribution in [0.2, 0.25) is 0 Å².